The van der Waals surface area contributed by atoms with Crippen molar-refractivity contribution in [2.45, 2.75) is 45.5 Å². The van der Waals surface area contributed by atoms with E-state index in [2.05, 4.69) is 51.7 Å². The molecule has 0 aliphatic carbocycles. The largest absolute Gasteiger partial charge is 0.376 e. The highest BCUT2D eigenvalue weighted by Crippen LogP contribution is 2.12. The summed E-state index contributed by atoms with van der Waals surface area (Å²) in [6, 6.07) is 8.58. The first kappa shape index (κ1) is 26.1. The fourth-order valence-electron chi connectivity index (χ4n) is 3.21. The topological polar surface area (TPSA) is 83.0 Å². The van der Waals surface area contributed by atoms with Crippen LogP contribution in [0.4, 0.5) is 0 Å². The molecule has 1 fully saturated rings. The fraction of sp³-hybridized carbons (Fsp3) is 0.650. The molecule has 1 aliphatic heterocycles. The third-order valence-corrected chi connectivity index (χ3v) is 5.69. The number of nitrogens with zero attached hydrogens (tertiary/aromatic N) is 2. The third-order valence-electron chi connectivity index (χ3n) is 4.71. The predicted molar refractivity (Wildman–Crippen MR) is 130 cm³/mol. The van der Waals surface area contributed by atoms with Gasteiger partial charge in [0.2, 0.25) is 0 Å². The van der Waals surface area contributed by atoms with E-state index in [-0.39, 0.29) is 41.9 Å². The Labute approximate surface area is 192 Å². The van der Waals surface area contributed by atoms with Gasteiger partial charge in [0.1, 0.15) is 9.84 Å². The first-order chi connectivity index (χ1) is 13.2. The molecular formula is C20H35IN4O3S. The van der Waals surface area contributed by atoms with Crippen LogP contribution in [0.2, 0.25) is 0 Å². The van der Waals surface area contributed by atoms with Crippen molar-refractivity contribution in [3.8, 4) is 0 Å². The lowest BCUT2D eigenvalue weighted by molar-refractivity contribution is -0.0212. The summed E-state index contributed by atoms with van der Waals surface area (Å²) in [5.74, 6) is 0.841. The van der Waals surface area contributed by atoms with Crippen LogP contribution in [0.5, 0.6) is 0 Å². The van der Waals surface area contributed by atoms with Crippen LogP contribution in [0.25, 0.3) is 0 Å². The SMILES string of the molecule is CN=C(NCc1cccc(CN2CCOC(C)C2)c1)NC(C)CCS(C)(=O)=O.I. The van der Waals surface area contributed by atoms with Gasteiger partial charge in [0, 0.05) is 45.5 Å². The van der Waals surface area contributed by atoms with E-state index in [1.54, 1.807) is 7.05 Å². The van der Waals surface area contributed by atoms with Crippen LogP contribution in [0.3, 0.4) is 0 Å². The van der Waals surface area contributed by atoms with E-state index in [0.717, 1.165) is 26.2 Å². The van der Waals surface area contributed by atoms with Crippen LogP contribution in [-0.2, 0) is 27.7 Å². The molecule has 0 aromatic heterocycles. The molecule has 0 radical (unpaired) electrons. The highest BCUT2D eigenvalue weighted by molar-refractivity contribution is 14.0. The minimum absolute atomic E-state index is 0. The highest BCUT2D eigenvalue weighted by Gasteiger charge is 2.16. The molecule has 2 rings (SSSR count). The van der Waals surface area contributed by atoms with Crippen molar-refractivity contribution in [1.29, 1.82) is 0 Å². The van der Waals surface area contributed by atoms with Gasteiger partial charge in [0.15, 0.2) is 5.96 Å². The average Bonchev–Trinajstić information content (AvgIpc) is 2.63. The first-order valence-electron chi connectivity index (χ1n) is 9.82. The van der Waals surface area contributed by atoms with E-state index in [0.29, 0.717) is 18.9 Å². The van der Waals surface area contributed by atoms with Crippen molar-refractivity contribution in [1.82, 2.24) is 15.5 Å². The summed E-state index contributed by atoms with van der Waals surface area (Å²) in [7, 11) is -1.23. The first-order valence-corrected chi connectivity index (χ1v) is 11.9. The zero-order chi connectivity index (χ0) is 20.6. The summed E-state index contributed by atoms with van der Waals surface area (Å²) in [5.41, 5.74) is 2.48. The number of morpholine rings is 1. The Morgan fingerprint density at radius 1 is 1.38 bits per heavy atom. The van der Waals surface area contributed by atoms with Gasteiger partial charge in [-0.15, -0.1) is 24.0 Å². The number of nitrogens with one attached hydrogen (secondary N) is 2. The Bertz CT molecular complexity index is 758. The number of aliphatic imine (C=N–C) groups is 1. The zero-order valence-corrected chi connectivity index (χ0v) is 21.0. The molecule has 0 saturated carbocycles. The molecule has 7 nitrogen and oxygen atoms in total. The normalized spacial score (nSPS) is 19.3. The highest BCUT2D eigenvalue weighted by atomic mass is 127. The van der Waals surface area contributed by atoms with Gasteiger partial charge in [-0.3, -0.25) is 9.89 Å². The fourth-order valence-corrected chi connectivity index (χ4v) is 3.99. The van der Waals surface area contributed by atoms with Crippen LogP contribution >= 0.6 is 24.0 Å². The number of rotatable bonds is 8. The molecule has 2 N–H and O–H groups in total. The number of benzene rings is 1. The summed E-state index contributed by atoms with van der Waals surface area (Å²) in [6.45, 7) is 8.38. The Hall–Kier alpha value is -0.910. The molecule has 1 aromatic rings. The lowest BCUT2D eigenvalue weighted by atomic mass is 10.1. The van der Waals surface area contributed by atoms with Crippen molar-refractivity contribution in [2.24, 2.45) is 4.99 Å². The number of guanidine groups is 1. The van der Waals surface area contributed by atoms with Crippen molar-refractivity contribution in [3.05, 3.63) is 35.4 Å². The molecule has 9 heteroatoms. The lowest BCUT2D eigenvalue weighted by Crippen LogP contribution is -2.42. The van der Waals surface area contributed by atoms with Gasteiger partial charge in [0.05, 0.1) is 18.5 Å². The Balaban J connectivity index is 0.00000420. The maximum absolute atomic E-state index is 11.3. The Morgan fingerprint density at radius 3 is 2.76 bits per heavy atom. The second-order valence-corrected chi connectivity index (χ2v) is 9.89. The van der Waals surface area contributed by atoms with Gasteiger partial charge >= 0.3 is 0 Å². The Morgan fingerprint density at radius 2 is 2.10 bits per heavy atom. The summed E-state index contributed by atoms with van der Waals surface area (Å²) in [6.07, 6.45) is 2.10. The third kappa shape index (κ3) is 10.6. The smallest absolute Gasteiger partial charge is 0.191 e. The molecule has 29 heavy (non-hydrogen) atoms. The summed E-state index contributed by atoms with van der Waals surface area (Å²) >= 11 is 0. The minimum Gasteiger partial charge on any atom is -0.376 e. The van der Waals surface area contributed by atoms with Crippen molar-refractivity contribution >= 4 is 39.8 Å². The number of hydrogen-bond donors (Lipinski definition) is 2. The van der Waals surface area contributed by atoms with Crippen molar-refractivity contribution in [2.75, 3.05) is 38.8 Å². The number of ether oxygens (including phenoxy) is 1. The van der Waals surface area contributed by atoms with E-state index >= 15 is 0 Å². The van der Waals surface area contributed by atoms with Crippen LogP contribution in [-0.4, -0.2) is 70.2 Å². The second kappa shape index (κ2) is 12.7. The minimum atomic E-state index is -2.95. The Kier molecular flexibility index (Phi) is 11.4. The molecule has 1 aromatic carbocycles. The number of sulfone groups is 1. The van der Waals surface area contributed by atoms with Crippen LogP contribution in [0.15, 0.2) is 29.3 Å². The van der Waals surface area contributed by atoms with Gasteiger partial charge in [-0.2, -0.15) is 0 Å². The molecule has 2 unspecified atom stereocenters. The standard InChI is InChI=1S/C20H34N4O3S.HI/c1-16(8-11-28(4,25)26)23-20(21-3)22-13-18-6-5-7-19(12-18)15-24-9-10-27-17(2)14-24;/h5-7,12,16-17H,8-11,13-15H2,1-4H3,(H2,21,22,23);1H. The zero-order valence-electron chi connectivity index (χ0n) is 17.8. The predicted octanol–water partition coefficient (Wildman–Crippen LogP) is 2.01. The number of hydrogen-bond acceptors (Lipinski definition) is 5. The summed E-state index contributed by atoms with van der Waals surface area (Å²) in [4.78, 5) is 6.66. The van der Waals surface area contributed by atoms with Gasteiger partial charge in [0.25, 0.3) is 0 Å². The molecule has 2 atom stereocenters. The van der Waals surface area contributed by atoms with Gasteiger partial charge in [-0.1, -0.05) is 24.3 Å². The maximum Gasteiger partial charge on any atom is 0.191 e. The maximum atomic E-state index is 11.3. The van der Waals surface area contributed by atoms with Crippen LogP contribution in [0, 0.1) is 0 Å². The molecule has 1 aliphatic rings. The lowest BCUT2D eigenvalue weighted by Gasteiger charge is -2.31. The van der Waals surface area contributed by atoms with E-state index in [1.165, 1.54) is 17.4 Å². The summed E-state index contributed by atoms with van der Waals surface area (Å²) in [5, 5.41) is 6.55. The average molecular weight is 538 g/mol. The van der Waals surface area contributed by atoms with Crippen molar-refractivity contribution in [3.63, 3.8) is 0 Å². The number of halogens is 1. The van der Waals surface area contributed by atoms with Gasteiger partial charge < -0.3 is 15.4 Å². The summed E-state index contributed by atoms with van der Waals surface area (Å²) < 4.78 is 28.2. The molecule has 0 spiro atoms. The van der Waals surface area contributed by atoms with E-state index in [9.17, 15) is 8.42 Å². The molecule has 0 bridgehead atoms. The molecule has 1 heterocycles. The monoisotopic (exact) mass is 538 g/mol. The van der Waals surface area contributed by atoms with Crippen LogP contribution in [0.1, 0.15) is 31.4 Å². The van der Waals surface area contributed by atoms with E-state index in [4.69, 9.17) is 4.74 Å². The molecular weight excluding hydrogens is 503 g/mol. The van der Waals surface area contributed by atoms with Crippen molar-refractivity contribution < 1.29 is 13.2 Å². The molecule has 166 valence electrons. The van der Waals surface area contributed by atoms with Gasteiger partial charge in [-0.05, 0) is 31.4 Å². The van der Waals surface area contributed by atoms with Gasteiger partial charge in [-0.25, -0.2) is 8.42 Å². The molecule has 0 amide bonds. The van der Waals surface area contributed by atoms with E-state index < -0.39 is 9.84 Å². The quantitative estimate of drug-likeness (QED) is 0.300. The second-order valence-electron chi connectivity index (χ2n) is 7.63. The molecule has 1 saturated heterocycles. The van der Waals surface area contributed by atoms with E-state index in [1.807, 2.05) is 6.92 Å². The van der Waals surface area contributed by atoms with Crippen LogP contribution < -0.4 is 10.6 Å².